The Morgan fingerprint density at radius 3 is 2.73 bits per heavy atom. The molecule has 2 heterocycles. The maximum atomic E-state index is 10.6. The van der Waals surface area contributed by atoms with Crippen LogP contribution in [-0.2, 0) is 20.7 Å². The summed E-state index contributed by atoms with van der Waals surface area (Å²) in [4.78, 5) is 10.6. The van der Waals surface area contributed by atoms with Gasteiger partial charge in [0.05, 0.1) is 25.4 Å². The van der Waals surface area contributed by atoms with Crippen molar-refractivity contribution in [3.05, 3.63) is 29.8 Å². The molecule has 5 nitrogen and oxygen atoms in total. The van der Waals surface area contributed by atoms with E-state index in [1.165, 1.54) is 44.1 Å². The van der Waals surface area contributed by atoms with E-state index in [1.807, 2.05) is 12.1 Å². The van der Waals surface area contributed by atoms with Crippen molar-refractivity contribution in [2.75, 3.05) is 19.8 Å². The van der Waals surface area contributed by atoms with Gasteiger partial charge in [-0.2, -0.15) is 0 Å². The fraction of sp³-hybridized carbons (Fsp3) is 0.720. The molecule has 0 spiro atoms. The summed E-state index contributed by atoms with van der Waals surface area (Å²) in [7, 11) is 0. The lowest BCUT2D eigenvalue weighted by Crippen LogP contribution is -2.31. The molecule has 2 bridgehead atoms. The maximum absolute atomic E-state index is 10.6. The summed E-state index contributed by atoms with van der Waals surface area (Å²) in [5.74, 6) is 1.17. The number of carbonyl (C=O) groups is 1. The Balaban J connectivity index is 1.43. The average Bonchev–Trinajstić information content (AvgIpc) is 3.34. The van der Waals surface area contributed by atoms with Crippen molar-refractivity contribution in [2.45, 2.75) is 83.3 Å². The Kier molecular flexibility index (Phi) is 9.47. The fourth-order valence-electron chi connectivity index (χ4n) is 4.89. The zero-order chi connectivity index (χ0) is 21.2. The van der Waals surface area contributed by atoms with E-state index in [2.05, 4.69) is 19.1 Å². The summed E-state index contributed by atoms with van der Waals surface area (Å²) in [6.07, 6.45) is 11.0. The van der Waals surface area contributed by atoms with Crippen molar-refractivity contribution in [3.8, 4) is 5.75 Å². The van der Waals surface area contributed by atoms with Crippen molar-refractivity contribution in [2.24, 2.45) is 11.8 Å². The van der Waals surface area contributed by atoms with Crippen LogP contribution in [0.4, 0.5) is 0 Å². The van der Waals surface area contributed by atoms with Crippen LogP contribution >= 0.6 is 0 Å². The molecule has 2 aliphatic heterocycles. The number of aryl methyl sites for hydroxylation is 1. The third-order valence-corrected chi connectivity index (χ3v) is 6.51. The second kappa shape index (κ2) is 12.3. The number of rotatable bonds is 15. The Morgan fingerprint density at radius 1 is 1.10 bits per heavy atom. The van der Waals surface area contributed by atoms with E-state index in [1.54, 1.807) is 0 Å². The summed E-state index contributed by atoms with van der Waals surface area (Å²) in [6, 6.07) is 8.21. The van der Waals surface area contributed by atoms with Crippen LogP contribution in [0, 0.1) is 11.8 Å². The molecular formula is C25H38O5. The van der Waals surface area contributed by atoms with Crippen molar-refractivity contribution < 1.29 is 24.1 Å². The molecule has 2 fully saturated rings. The number of carboxylic acid groups (broad SMARTS) is 1. The molecule has 168 valence electrons. The van der Waals surface area contributed by atoms with E-state index in [-0.39, 0.29) is 6.42 Å². The Morgan fingerprint density at radius 2 is 1.93 bits per heavy atom. The molecular weight excluding hydrogens is 380 g/mol. The largest absolute Gasteiger partial charge is 0.494 e. The third-order valence-electron chi connectivity index (χ3n) is 6.51. The summed E-state index contributed by atoms with van der Waals surface area (Å²) in [5.41, 5.74) is 1.27. The van der Waals surface area contributed by atoms with Gasteiger partial charge in [0.15, 0.2) is 0 Å². The van der Waals surface area contributed by atoms with E-state index in [0.717, 1.165) is 31.8 Å². The molecule has 1 aromatic carbocycles. The lowest BCUT2D eigenvalue weighted by atomic mass is 9.77. The quantitative estimate of drug-likeness (QED) is 0.394. The zero-order valence-corrected chi connectivity index (χ0v) is 18.4. The average molecular weight is 419 g/mol. The van der Waals surface area contributed by atoms with Crippen molar-refractivity contribution in [1.82, 2.24) is 0 Å². The van der Waals surface area contributed by atoms with Crippen LogP contribution in [0.1, 0.15) is 70.3 Å². The van der Waals surface area contributed by atoms with Gasteiger partial charge in [-0.05, 0) is 62.1 Å². The molecule has 4 atom stereocenters. The van der Waals surface area contributed by atoms with E-state index in [0.29, 0.717) is 37.1 Å². The number of benzene rings is 1. The van der Waals surface area contributed by atoms with Crippen molar-refractivity contribution in [1.29, 1.82) is 0 Å². The zero-order valence-electron chi connectivity index (χ0n) is 18.4. The summed E-state index contributed by atoms with van der Waals surface area (Å²) in [5, 5.41) is 8.72. The van der Waals surface area contributed by atoms with Crippen molar-refractivity contribution >= 4 is 5.97 Å². The fourth-order valence-corrected chi connectivity index (χ4v) is 4.89. The Hall–Kier alpha value is -1.59. The lowest BCUT2D eigenvalue weighted by molar-refractivity contribution is -0.137. The Bertz CT molecular complexity index is 646. The van der Waals surface area contributed by atoms with Gasteiger partial charge in [0, 0.05) is 18.9 Å². The highest BCUT2D eigenvalue weighted by atomic mass is 16.5. The number of fused-ring (bicyclic) bond motifs is 2. The van der Waals surface area contributed by atoms with Crippen LogP contribution in [0.2, 0.25) is 0 Å². The van der Waals surface area contributed by atoms with E-state index in [9.17, 15) is 4.79 Å². The highest BCUT2D eigenvalue weighted by Crippen LogP contribution is 2.45. The first-order chi connectivity index (χ1) is 14.7. The molecule has 30 heavy (non-hydrogen) atoms. The first kappa shape index (κ1) is 23.1. The van der Waals surface area contributed by atoms with Gasteiger partial charge in [-0.25, -0.2) is 0 Å². The van der Waals surface area contributed by atoms with Gasteiger partial charge >= 0.3 is 5.97 Å². The molecule has 0 saturated carbocycles. The molecule has 1 aromatic rings. The topological polar surface area (TPSA) is 65.0 Å². The number of ether oxygens (including phenoxy) is 3. The summed E-state index contributed by atoms with van der Waals surface area (Å²) >= 11 is 0. The van der Waals surface area contributed by atoms with Crippen molar-refractivity contribution in [3.63, 3.8) is 0 Å². The van der Waals surface area contributed by atoms with Gasteiger partial charge < -0.3 is 19.3 Å². The minimum absolute atomic E-state index is 0.145. The number of unbranched alkanes of at least 4 members (excludes halogenated alkanes) is 3. The molecule has 0 aromatic heterocycles. The van der Waals surface area contributed by atoms with Gasteiger partial charge in [0.1, 0.15) is 5.75 Å². The number of hydrogen-bond acceptors (Lipinski definition) is 4. The third kappa shape index (κ3) is 6.98. The minimum atomic E-state index is -0.778. The van der Waals surface area contributed by atoms with E-state index < -0.39 is 5.97 Å². The number of hydrogen-bond donors (Lipinski definition) is 1. The molecule has 0 unspecified atom stereocenters. The molecule has 2 saturated heterocycles. The highest BCUT2D eigenvalue weighted by Gasteiger charge is 2.48. The van der Waals surface area contributed by atoms with Gasteiger partial charge in [-0.1, -0.05) is 38.3 Å². The first-order valence-corrected chi connectivity index (χ1v) is 11.8. The predicted molar refractivity (Wildman–Crippen MR) is 117 cm³/mol. The van der Waals surface area contributed by atoms with Crippen LogP contribution in [0.15, 0.2) is 24.3 Å². The second-order valence-corrected chi connectivity index (χ2v) is 8.79. The molecule has 1 N–H and O–H groups in total. The number of aliphatic carboxylic acids is 1. The first-order valence-electron chi connectivity index (χ1n) is 11.8. The van der Waals surface area contributed by atoms with Crippen LogP contribution in [0.3, 0.4) is 0 Å². The minimum Gasteiger partial charge on any atom is -0.494 e. The lowest BCUT2D eigenvalue weighted by Gasteiger charge is -2.28. The highest BCUT2D eigenvalue weighted by molar-refractivity contribution is 5.66. The predicted octanol–water partition coefficient (Wildman–Crippen LogP) is 5.25. The monoisotopic (exact) mass is 418 g/mol. The SMILES string of the molecule is CCCCCCOC[C@@H]1[C@H](CCc2cccc(OCCCC(=O)O)c2)[C@@H]2CC[C@H]1O2. The smallest absolute Gasteiger partial charge is 0.303 e. The molecule has 2 aliphatic rings. The molecule has 3 rings (SSSR count). The van der Waals surface area contributed by atoms with Gasteiger partial charge in [-0.3, -0.25) is 4.79 Å². The maximum Gasteiger partial charge on any atom is 0.303 e. The normalized spacial score (nSPS) is 25.0. The molecule has 5 heteroatoms. The molecule has 0 amide bonds. The second-order valence-electron chi connectivity index (χ2n) is 8.79. The van der Waals surface area contributed by atoms with Crippen LogP contribution in [-0.4, -0.2) is 43.1 Å². The van der Waals surface area contributed by atoms with Gasteiger partial charge in [0.25, 0.3) is 0 Å². The summed E-state index contributed by atoms with van der Waals surface area (Å²) < 4.78 is 18.0. The standard InChI is InChI=1S/C25H38O5/c1-2-3-4-5-15-28-18-22-21(23-13-14-24(22)30-23)12-11-19-8-6-9-20(17-19)29-16-7-10-25(26)27/h6,8-9,17,21-24H,2-5,7,10-16,18H2,1H3,(H,26,27)/t21-,22+,23-,24+/m0/s1. The van der Waals surface area contributed by atoms with Crippen LogP contribution < -0.4 is 4.74 Å². The van der Waals surface area contributed by atoms with E-state index in [4.69, 9.17) is 19.3 Å². The van der Waals surface area contributed by atoms with Crippen LogP contribution in [0.5, 0.6) is 5.75 Å². The van der Waals surface area contributed by atoms with Crippen LogP contribution in [0.25, 0.3) is 0 Å². The summed E-state index contributed by atoms with van der Waals surface area (Å²) in [6.45, 7) is 4.39. The van der Waals surface area contributed by atoms with E-state index >= 15 is 0 Å². The van der Waals surface area contributed by atoms with Gasteiger partial charge in [-0.15, -0.1) is 0 Å². The van der Waals surface area contributed by atoms with Gasteiger partial charge in [0.2, 0.25) is 0 Å². The molecule has 0 radical (unpaired) electrons. The Labute approximate surface area is 181 Å². The number of carboxylic acids is 1. The molecule has 0 aliphatic carbocycles.